The van der Waals surface area contributed by atoms with Gasteiger partial charge in [-0.25, -0.2) is 4.98 Å². The summed E-state index contributed by atoms with van der Waals surface area (Å²) in [4.78, 5) is 45.5. The van der Waals surface area contributed by atoms with Crippen LogP contribution in [0.1, 0.15) is 20.7 Å². The highest BCUT2D eigenvalue weighted by molar-refractivity contribution is 7.13. The molecule has 0 saturated heterocycles. The molecule has 5 rings (SSSR count). The van der Waals surface area contributed by atoms with Crippen molar-refractivity contribution in [1.29, 1.82) is 0 Å². The van der Waals surface area contributed by atoms with Gasteiger partial charge in [-0.3, -0.25) is 29.3 Å². The summed E-state index contributed by atoms with van der Waals surface area (Å²) in [5.74, 6) is -1.31. The van der Waals surface area contributed by atoms with Crippen LogP contribution in [0.4, 0.5) is 5.82 Å². The number of hydrogen-bond donors (Lipinski definition) is 2. The summed E-state index contributed by atoms with van der Waals surface area (Å²) < 4.78 is 1.22. The van der Waals surface area contributed by atoms with Gasteiger partial charge >= 0.3 is 0 Å². The molecule has 1 aliphatic rings. The summed E-state index contributed by atoms with van der Waals surface area (Å²) >= 11 is 1.45. The maximum Gasteiger partial charge on any atom is 0.262 e. The molecule has 8 nitrogen and oxygen atoms in total. The van der Waals surface area contributed by atoms with E-state index in [0.29, 0.717) is 5.69 Å². The van der Waals surface area contributed by atoms with Gasteiger partial charge < -0.3 is 5.73 Å². The zero-order valence-corrected chi connectivity index (χ0v) is 16.1. The second-order valence-corrected chi connectivity index (χ2v) is 7.44. The van der Waals surface area contributed by atoms with Crippen molar-refractivity contribution in [3.8, 4) is 27.6 Å². The molecular formula is C21H13N5O3S. The van der Waals surface area contributed by atoms with Gasteiger partial charge in [0, 0.05) is 23.2 Å². The van der Waals surface area contributed by atoms with Crippen LogP contribution < -0.4 is 16.6 Å². The number of hydrogen-bond acceptors (Lipinski definition) is 7. The number of carbonyl (C=O) groups excluding carboxylic acids is 2. The molecule has 0 unspecified atom stereocenters. The predicted octanol–water partition coefficient (Wildman–Crippen LogP) is 2.49. The number of benzene rings is 1. The topological polar surface area (TPSA) is 120 Å². The van der Waals surface area contributed by atoms with Gasteiger partial charge in [0.05, 0.1) is 22.5 Å². The van der Waals surface area contributed by atoms with E-state index in [9.17, 15) is 14.4 Å². The van der Waals surface area contributed by atoms with Crippen LogP contribution in [0.3, 0.4) is 0 Å². The van der Waals surface area contributed by atoms with E-state index >= 15 is 0 Å². The predicted molar refractivity (Wildman–Crippen MR) is 113 cm³/mol. The molecule has 0 fully saturated rings. The Hall–Kier alpha value is -4.11. The number of carbonyl (C=O) groups is 2. The Kier molecular flexibility index (Phi) is 4.04. The zero-order chi connectivity index (χ0) is 20.8. The number of imide groups is 1. The van der Waals surface area contributed by atoms with E-state index < -0.39 is 17.4 Å². The van der Waals surface area contributed by atoms with Gasteiger partial charge in [0.15, 0.2) is 0 Å². The van der Waals surface area contributed by atoms with Crippen LogP contribution in [-0.4, -0.2) is 26.3 Å². The van der Waals surface area contributed by atoms with E-state index in [1.54, 1.807) is 24.4 Å². The number of anilines is 1. The third kappa shape index (κ3) is 2.80. The minimum absolute atomic E-state index is 0.00479. The lowest BCUT2D eigenvalue weighted by Crippen LogP contribution is -2.24. The minimum atomic E-state index is -0.621. The van der Waals surface area contributed by atoms with Gasteiger partial charge in [0.2, 0.25) is 0 Å². The van der Waals surface area contributed by atoms with Crippen molar-refractivity contribution in [2.45, 2.75) is 0 Å². The summed E-state index contributed by atoms with van der Waals surface area (Å²) in [5.41, 5.74) is 8.41. The number of amides is 2. The molecule has 0 aliphatic carbocycles. The Labute approximate surface area is 173 Å². The first-order chi connectivity index (χ1) is 14.5. The minimum Gasteiger partial charge on any atom is -0.384 e. The van der Waals surface area contributed by atoms with Crippen molar-refractivity contribution in [2.24, 2.45) is 0 Å². The summed E-state index contributed by atoms with van der Waals surface area (Å²) in [7, 11) is 0. The number of aromatic nitrogens is 3. The first-order valence-electron chi connectivity index (χ1n) is 8.92. The Morgan fingerprint density at radius 1 is 0.967 bits per heavy atom. The number of rotatable bonds is 3. The lowest BCUT2D eigenvalue weighted by Gasteiger charge is -2.12. The molecule has 0 radical (unpaired) electrons. The summed E-state index contributed by atoms with van der Waals surface area (Å²) in [6.45, 7) is 0. The fourth-order valence-corrected chi connectivity index (χ4v) is 4.17. The molecule has 0 bridgehead atoms. The fraction of sp³-hybridized carbons (Fsp3) is 0. The standard InChI is InChI=1S/C21H13N5O3S/c22-18-17-13(19(28)25-20(17)29)9-16(27)26(18)12-5-3-4-11(8-12)21-24-15(10-30-21)14-6-1-2-7-23-14/h1-10H,22H2,(H,25,28,29). The number of pyridine rings is 2. The molecule has 0 spiro atoms. The van der Waals surface area contributed by atoms with Gasteiger partial charge in [-0.1, -0.05) is 18.2 Å². The largest absolute Gasteiger partial charge is 0.384 e. The number of nitrogens with zero attached hydrogens (tertiary/aromatic N) is 3. The molecule has 0 saturated carbocycles. The van der Waals surface area contributed by atoms with Crippen molar-refractivity contribution < 1.29 is 9.59 Å². The number of nitrogen functional groups attached to an aromatic ring is 1. The number of nitrogens with one attached hydrogen (secondary N) is 1. The second kappa shape index (κ2) is 6.75. The summed E-state index contributed by atoms with van der Waals surface area (Å²) in [6, 6.07) is 13.9. The number of fused-ring (bicyclic) bond motifs is 1. The fourth-order valence-electron chi connectivity index (χ4n) is 3.36. The van der Waals surface area contributed by atoms with E-state index in [0.717, 1.165) is 28.0 Å². The third-order valence-electron chi connectivity index (χ3n) is 4.74. The van der Waals surface area contributed by atoms with Crippen molar-refractivity contribution in [3.63, 3.8) is 0 Å². The Morgan fingerprint density at radius 3 is 2.63 bits per heavy atom. The van der Waals surface area contributed by atoms with E-state index in [1.807, 2.05) is 29.6 Å². The smallest absolute Gasteiger partial charge is 0.262 e. The maximum absolute atomic E-state index is 12.7. The van der Waals surface area contributed by atoms with Crippen molar-refractivity contribution >= 4 is 29.0 Å². The van der Waals surface area contributed by atoms with E-state index in [1.165, 1.54) is 15.9 Å². The SMILES string of the molecule is Nc1c2c(cc(=O)n1-c1cccc(-c3nc(-c4ccccn4)cs3)c1)C(=O)NC2=O. The Bertz CT molecular complexity index is 1390. The normalized spacial score (nSPS) is 12.7. The van der Waals surface area contributed by atoms with E-state index in [2.05, 4.69) is 15.3 Å². The number of thiazole rings is 1. The van der Waals surface area contributed by atoms with Gasteiger partial charge in [-0.2, -0.15) is 0 Å². The van der Waals surface area contributed by atoms with E-state index in [4.69, 9.17) is 5.73 Å². The summed E-state index contributed by atoms with van der Waals surface area (Å²) in [5, 5.41) is 4.82. The van der Waals surface area contributed by atoms with Crippen LogP contribution in [0.15, 0.2) is 64.9 Å². The van der Waals surface area contributed by atoms with Crippen LogP contribution in [0, 0.1) is 0 Å². The molecule has 4 aromatic rings. The first-order valence-corrected chi connectivity index (χ1v) is 9.80. The second-order valence-electron chi connectivity index (χ2n) is 6.58. The average Bonchev–Trinajstić information content (AvgIpc) is 3.34. The highest BCUT2D eigenvalue weighted by Gasteiger charge is 2.31. The van der Waals surface area contributed by atoms with Gasteiger partial charge in [0.25, 0.3) is 17.4 Å². The Balaban J connectivity index is 1.60. The van der Waals surface area contributed by atoms with Crippen LogP contribution >= 0.6 is 11.3 Å². The third-order valence-corrected chi connectivity index (χ3v) is 5.63. The molecule has 146 valence electrons. The summed E-state index contributed by atoms with van der Waals surface area (Å²) in [6.07, 6.45) is 1.71. The molecular weight excluding hydrogens is 402 g/mol. The van der Waals surface area contributed by atoms with Crippen LogP contribution in [0.5, 0.6) is 0 Å². The zero-order valence-electron chi connectivity index (χ0n) is 15.3. The number of nitrogens with two attached hydrogens (primary N) is 1. The van der Waals surface area contributed by atoms with Gasteiger partial charge in [-0.05, 0) is 24.3 Å². The molecule has 1 aromatic carbocycles. The molecule has 4 heterocycles. The monoisotopic (exact) mass is 415 g/mol. The lowest BCUT2D eigenvalue weighted by molar-refractivity contribution is 0.0880. The van der Waals surface area contributed by atoms with Crippen LogP contribution in [-0.2, 0) is 0 Å². The van der Waals surface area contributed by atoms with Crippen molar-refractivity contribution in [1.82, 2.24) is 19.9 Å². The average molecular weight is 415 g/mol. The molecule has 0 atom stereocenters. The Morgan fingerprint density at radius 2 is 1.83 bits per heavy atom. The lowest BCUT2D eigenvalue weighted by atomic mass is 10.1. The maximum atomic E-state index is 12.7. The van der Waals surface area contributed by atoms with Gasteiger partial charge in [0.1, 0.15) is 16.5 Å². The highest BCUT2D eigenvalue weighted by Crippen LogP contribution is 2.30. The molecule has 2 amide bonds. The molecule has 3 aromatic heterocycles. The van der Waals surface area contributed by atoms with Crippen molar-refractivity contribution in [2.75, 3.05) is 5.73 Å². The molecule has 30 heavy (non-hydrogen) atoms. The van der Waals surface area contributed by atoms with Gasteiger partial charge in [-0.15, -0.1) is 11.3 Å². The van der Waals surface area contributed by atoms with Crippen LogP contribution in [0.25, 0.3) is 27.6 Å². The molecule has 9 heteroatoms. The highest BCUT2D eigenvalue weighted by atomic mass is 32.1. The first kappa shape index (κ1) is 18.0. The molecule has 3 N–H and O–H groups in total. The van der Waals surface area contributed by atoms with Crippen molar-refractivity contribution in [3.05, 3.63) is 81.6 Å². The quantitative estimate of drug-likeness (QED) is 0.496. The van der Waals surface area contributed by atoms with Crippen LogP contribution in [0.2, 0.25) is 0 Å². The molecule has 1 aliphatic heterocycles. The van der Waals surface area contributed by atoms with E-state index in [-0.39, 0.29) is 16.9 Å².